The molecule has 0 aromatic carbocycles. The highest BCUT2D eigenvalue weighted by molar-refractivity contribution is 5.99. The highest BCUT2D eigenvalue weighted by atomic mass is 16.6. The van der Waals surface area contributed by atoms with E-state index in [-0.39, 0.29) is 11.5 Å². The second kappa shape index (κ2) is 4.26. The second-order valence-corrected chi connectivity index (χ2v) is 4.15. The van der Waals surface area contributed by atoms with Gasteiger partial charge in [0.25, 0.3) is 11.3 Å². The largest absolute Gasteiger partial charge is 0.382 e. The first-order valence-electron chi connectivity index (χ1n) is 5.84. The summed E-state index contributed by atoms with van der Waals surface area (Å²) in [7, 11) is 1.60. The first-order chi connectivity index (χ1) is 9.63. The summed E-state index contributed by atoms with van der Waals surface area (Å²) < 4.78 is 1.73. The van der Waals surface area contributed by atoms with Gasteiger partial charge in [0.1, 0.15) is 11.1 Å². The predicted octanol–water partition coefficient (Wildman–Crippen LogP) is 0.901. The third-order valence-electron chi connectivity index (χ3n) is 3.04. The Balaban J connectivity index is 2.55. The predicted molar refractivity (Wildman–Crippen MR) is 73.3 cm³/mol. The zero-order valence-corrected chi connectivity index (χ0v) is 10.6. The maximum Gasteiger partial charge on any atom is 0.327 e. The topological polar surface area (TPSA) is 111 Å². The summed E-state index contributed by atoms with van der Waals surface area (Å²) in [5.41, 5.74) is 7.26. The van der Waals surface area contributed by atoms with E-state index in [9.17, 15) is 10.1 Å². The van der Waals surface area contributed by atoms with Gasteiger partial charge in [0.05, 0.1) is 11.1 Å². The molecule has 8 heteroatoms. The van der Waals surface area contributed by atoms with E-state index in [1.807, 2.05) is 12.1 Å². The van der Waals surface area contributed by atoms with Crippen LogP contribution < -0.4 is 15.5 Å². The van der Waals surface area contributed by atoms with Crippen molar-refractivity contribution in [3.8, 4) is 0 Å². The molecule has 0 unspecified atom stereocenters. The number of nitro groups is 1. The Hall–Kier alpha value is -3.03. The van der Waals surface area contributed by atoms with Gasteiger partial charge >= 0.3 is 5.69 Å². The number of nitrogens with zero attached hydrogens (tertiary/aromatic N) is 4. The van der Waals surface area contributed by atoms with E-state index in [4.69, 9.17) is 5.73 Å². The summed E-state index contributed by atoms with van der Waals surface area (Å²) in [4.78, 5) is 19.0. The van der Waals surface area contributed by atoms with E-state index < -0.39 is 4.92 Å². The van der Waals surface area contributed by atoms with Crippen molar-refractivity contribution in [2.75, 3.05) is 18.1 Å². The molecule has 0 fully saturated rings. The summed E-state index contributed by atoms with van der Waals surface area (Å²) in [5.74, 6) is 0.201. The number of nitrogen functional groups attached to an aromatic ring is 1. The summed E-state index contributed by atoms with van der Waals surface area (Å²) in [6.45, 7) is 0. The van der Waals surface area contributed by atoms with E-state index in [0.29, 0.717) is 22.4 Å². The molecular weight excluding hydrogens is 260 g/mol. The van der Waals surface area contributed by atoms with Gasteiger partial charge in [-0.3, -0.25) is 10.1 Å². The van der Waals surface area contributed by atoms with Crippen molar-refractivity contribution < 1.29 is 9.32 Å². The number of aromatic nitrogens is 3. The second-order valence-electron chi connectivity index (χ2n) is 4.15. The smallest absolute Gasteiger partial charge is 0.327 e. The summed E-state index contributed by atoms with van der Waals surface area (Å²) in [5, 5.41) is 14.3. The van der Waals surface area contributed by atoms with Gasteiger partial charge in [-0.05, 0) is 6.07 Å². The molecule has 3 aromatic rings. The van der Waals surface area contributed by atoms with Crippen LogP contribution in [-0.4, -0.2) is 21.9 Å². The average molecular weight is 271 g/mol. The molecule has 0 saturated carbocycles. The molecule has 8 nitrogen and oxygen atoms in total. The minimum atomic E-state index is -0.502. The molecule has 100 valence electrons. The van der Waals surface area contributed by atoms with Crippen molar-refractivity contribution in [3.63, 3.8) is 0 Å². The number of nitrogens with one attached hydrogen (secondary N) is 1. The van der Waals surface area contributed by atoms with E-state index in [0.717, 1.165) is 0 Å². The van der Waals surface area contributed by atoms with Crippen molar-refractivity contribution in [1.82, 2.24) is 9.97 Å². The van der Waals surface area contributed by atoms with Gasteiger partial charge in [-0.25, -0.2) is 0 Å². The van der Waals surface area contributed by atoms with Crippen molar-refractivity contribution in [2.45, 2.75) is 0 Å². The molecule has 0 aliphatic rings. The zero-order valence-electron chi connectivity index (χ0n) is 10.6. The quantitative estimate of drug-likeness (QED) is 0.310. The number of fused-ring (bicyclic) bond motifs is 3. The number of rotatable bonds is 2. The third-order valence-corrected chi connectivity index (χ3v) is 3.04. The van der Waals surface area contributed by atoms with E-state index in [1.165, 1.54) is 6.20 Å². The van der Waals surface area contributed by atoms with Crippen molar-refractivity contribution >= 4 is 33.9 Å². The van der Waals surface area contributed by atoms with Crippen LogP contribution in [0.15, 0.2) is 30.6 Å². The molecule has 20 heavy (non-hydrogen) atoms. The van der Waals surface area contributed by atoms with Gasteiger partial charge in [0, 0.05) is 13.1 Å². The monoisotopic (exact) mass is 271 g/mol. The van der Waals surface area contributed by atoms with Gasteiger partial charge in [-0.1, -0.05) is 11.1 Å². The molecule has 3 N–H and O–H groups in total. The van der Waals surface area contributed by atoms with Crippen LogP contribution in [0.1, 0.15) is 0 Å². The van der Waals surface area contributed by atoms with Crippen LogP contribution in [-0.2, 0) is 0 Å². The lowest BCUT2D eigenvalue weighted by Crippen LogP contribution is -2.26. The maximum atomic E-state index is 11.1. The van der Waals surface area contributed by atoms with Crippen LogP contribution in [0, 0.1) is 10.1 Å². The summed E-state index contributed by atoms with van der Waals surface area (Å²) in [6.07, 6.45) is 3.00. The Labute approximate surface area is 113 Å². The fourth-order valence-electron chi connectivity index (χ4n) is 2.19. The Morgan fingerprint density at radius 1 is 1.45 bits per heavy atom. The highest BCUT2D eigenvalue weighted by Crippen LogP contribution is 2.32. The average Bonchev–Trinajstić information content (AvgIpc) is 2.45. The molecule has 3 heterocycles. The molecule has 0 aliphatic carbocycles. The molecular formula is C12H11N6O2+. The number of pyridine rings is 2. The van der Waals surface area contributed by atoms with Gasteiger partial charge in [0.2, 0.25) is 5.82 Å². The molecule has 0 amide bonds. The zero-order chi connectivity index (χ0) is 14.3. The van der Waals surface area contributed by atoms with Gasteiger partial charge in [-0.15, -0.1) is 4.98 Å². The minimum absolute atomic E-state index is 0.135. The Morgan fingerprint density at radius 2 is 2.25 bits per heavy atom. The van der Waals surface area contributed by atoms with E-state index in [2.05, 4.69) is 15.3 Å². The van der Waals surface area contributed by atoms with Crippen LogP contribution >= 0.6 is 0 Å². The minimum Gasteiger partial charge on any atom is -0.382 e. The number of hydrogen-bond donors (Lipinski definition) is 2. The molecule has 0 bridgehead atoms. The van der Waals surface area contributed by atoms with Crippen molar-refractivity contribution in [3.05, 3.63) is 40.7 Å². The third kappa shape index (κ3) is 1.58. The van der Waals surface area contributed by atoms with Crippen LogP contribution in [0.2, 0.25) is 0 Å². The van der Waals surface area contributed by atoms with Gasteiger partial charge in [-0.2, -0.15) is 4.40 Å². The van der Waals surface area contributed by atoms with Crippen LogP contribution in [0.5, 0.6) is 0 Å². The van der Waals surface area contributed by atoms with Gasteiger partial charge < -0.3 is 11.1 Å². The van der Waals surface area contributed by atoms with Gasteiger partial charge in [0.15, 0.2) is 6.20 Å². The van der Waals surface area contributed by atoms with Crippen LogP contribution in [0.25, 0.3) is 16.7 Å². The Bertz CT molecular complexity index is 848. The van der Waals surface area contributed by atoms with E-state index in [1.54, 1.807) is 23.7 Å². The number of hydrogen-bond acceptors (Lipinski definition) is 6. The first kappa shape index (κ1) is 12.0. The molecule has 0 radical (unpaired) electrons. The molecule has 0 saturated heterocycles. The standard InChI is InChI=1S/C12H10N6O2/c1-14-10-7(18(19)20)6-15-12-9(10)11(13)16-8-4-2-3-5-17(8)12/h2-6H,1H3,(H2,13,14,15)/p+1. The van der Waals surface area contributed by atoms with E-state index >= 15 is 0 Å². The molecule has 3 rings (SSSR count). The summed E-state index contributed by atoms with van der Waals surface area (Å²) >= 11 is 0. The molecule has 0 aliphatic heterocycles. The normalized spacial score (nSPS) is 10.8. The van der Waals surface area contributed by atoms with Crippen LogP contribution in [0.4, 0.5) is 17.2 Å². The highest BCUT2D eigenvalue weighted by Gasteiger charge is 2.25. The lowest BCUT2D eigenvalue weighted by Gasteiger charge is -2.05. The Morgan fingerprint density at radius 3 is 2.95 bits per heavy atom. The van der Waals surface area contributed by atoms with Crippen molar-refractivity contribution in [1.29, 1.82) is 0 Å². The lowest BCUT2D eigenvalue weighted by atomic mass is 10.2. The lowest BCUT2D eigenvalue weighted by molar-refractivity contribution is -0.486. The molecule has 0 atom stereocenters. The van der Waals surface area contributed by atoms with Crippen molar-refractivity contribution in [2.24, 2.45) is 0 Å². The molecule has 0 spiro atoms. The molecule has 3 aromatic heterocycles. The Kier molecular flexibility index (Phi) is 2.56. The fourth-order valence-corrected chi connectivity index (χ4v) is 2.19. The summed E-state index contributed by atoms with van der Waals surface area (Å²) in [6, 6.07) is 5.45. The number of anilines is 2. The fraction of sp³-hybridized carbons (Fsp3) is 0.0833. The SMILES string of the molecule is CNc1c([N+](=O)[O-])cnc2c1c(N)nc1cccc[n+]12. The maximum absolute atomic E-state index is 11.1. The van der Waals surface area contributed by atoms with Crippen LogP contribution in [0.3, 0.4) is 0 Å². The first-order valence-corrected chi connectivity index (χ1v) is 5.84. The number of nitrogens with two attached hydrogens (primary N) is 1.